The van der Waals surface area contributed by atoms with Gasteiger partial charge in [0.05, 0.1) is 0 Å². The van der Waals surface area contributed by atoms with Crippen molar-refractivity contribution in [1.29, 1.82) is 0 Å². The Labute approximate surface area is 287 Å². The van der Waals surface area contributed by atoms with Gasteiger partial charge in [0.2, 0.25) is 0 Å². The molecule has 1 aliphatic carbocycles. The molecule has 0 bridgehead atoms. The minimum absolute atomic E-state index is 0.653. The highest BCUT2D eigenvalue weighted by molar-refractivity contribution is 7.24. The average Bonchev–Trinajstić information content (AvgIpc) is 3.54. The van der Waals surface area contributed by atoms with Gasteiger partial charge in [0.15, 0.2) is 17.5 Å². The van der Waals surface area contributed by atoms with Gasteiger partial charge in [0.25, 0.3) is 0 Å². The molecule has 0 saturated carbocycles. The molecule has 0 spiro atoms. The fourth-order valence-electron chi connectivity index (χ4n) is 7.23. The summed E-state index contributed by atoms with van der Waals surface area (Å²) in [5.74, 6) is 1.97. The van der Waals surface area contributed by atoms with Crippen molar-refractivity contribution in [3.8, 4) is 78.0 Å². The Balaban J connectivity index is 1.24. The van der Waals surface area contributed by atoms with E-state index in [0.717, 1.165) is 22.3 Å². The molecule has 0 saturated heterocycles. The molecule has 10 rings (SSSR count). The summed E-state index contributed by atoms with van der Waals surface area (Å²) in [6, 6.07) is 57.9. The molecule has 0 atom stereocenters. The lowest BCUT2D eigenvalue weighted by Gasteiger charge is -2.12. The zero-order chi connectivity index (χ0) is 32.3. The van der Waals surface area contributed by atoms with Crippen LogP contribution in [0.5, 0.6) is 0 Å². The molecule has 0 amide bonds. The fourth-order valence-corrected chi connectivity index (χ4v) is 8.61. The molecule has 0 aliphatic heterocycles. The summed E-state index contributed by atoms with van der Waals surface area (Å²) in [4.78, 5) is 16.3. The van der Waals surface area contributed by atoms with E-state index in [2.05, 4.69) is 103 Å². The van der Waals surface area contributed by atoms with E-state index < -0.39 is 0 Å². The highest BCUT2D eigenvalue weighted by Gasteiger charge is 2.27. The van der Waals surface area contributed by atoms with Crippen molar-refractivity contribution >= 4 is 32.2 Å². The SMILES string of the molecule is c1ccc(-c2nc(-c3ccccc3)nc(-c3cccc(-c4sc5c6c(cc7ccccc75)-c5ccccc5-c5ccccc5-c46)c3)n2)cc1. The van der Waals surface area contributed by atoms with Crippen LogP contribution < -0.4 is 0 Å². The Kier molecular flexibility index (Phi) is 6.36. The molecule has 7 aromatic carbocycles. The minimum atomic E-state index is 0.653. The van der Waals surface area contributed by atoms with Gasteiger partial charge in [-0.1, -0.05) is 152 Å². The predicted molar refractivity (Wildman–Crippen MR) is 204 cm³/mol. The molecule has 49 heavy (non-hydrogen) atoms. The molecule has 0 radical (unpaired) electrons. The molecule has 1 aliphatic rings. The van der Waals surface area contributed by atoms with Gasteiger partial charge in [-0.05, 0) is 56.3 Å². The summed E-state index contributed by atoms with van der Waals surface area (Å²) in [7, 11) is 0. The maximum Gasteiger partial charge on any atom is 0.164 e. The minimum Gasteiger partial charge on any atom is -0.208 e. The van der Waals surface area contributed by atoms with Gasteiger partial charge >= 0.3 is 0 Å². The van der Waals surface area contributed by atoms with E-state index in [1.165, 1.54) is 59.1 Å². The van der Waals surface area contributed by atoms with Gasteiger partial charge in [0.1, 0.15) is 0 Å². The molecule has 0 unspecified atom stereocenters. The van der Waals surface area contributed by atoms with Crippen LogP contribution in [0.25, 0.3) is 98.8 Å². The molecule has 9 aromatic rings. The van der Waals surface area contributed by atoms with Gasteiger partial charge in [0, 0.05) is 37.2 Å². The van der Waals surface area contributed by atoms with Crippen molar-refractivity contribution in [1.82, 2.24) is 15.0 Å². The Morgan fingerprint density at radius 1 is 0.367 bits per heavy atom. The fraction of sp³-hybridized carbons (Fsp3) is 0. The van der Waals surface area contributed by atoms with Gasteiger partial charge in [-0.2, -0.15) is 0 Å². The topological polar surface area (TPSA) is 38.7 Å². The number of thiophene rings is 1. The smallest absolute Gasteiger partial charge is 0.164 e. The highest BCUT2D eigenvalue weighted by Crippen LogP contribution is 2.56. The van der Waals surface area contributed by atoms with Crippen molar-refractivity contribution in [3.05, 3.63) is 164 Å². The van der Waals surface area contributed by atoms with E-state index in [-0.39, 0.29) is 0 Å². The maximum absolute atomic E-state index is 5.04. The van der Waals surface area contributed by atoms with E-state index >= 15 is 0 Å². The Morgan fingerprint density at radius 3 is 1.53 bits per heavy atom. The number of hydrogen-bond acceptors (Lipinski definition) is 4. The summed E-state index contributed by atoms with van der Waals surface area (Å²) < 4.78 is 1.31. The van der Waals surface area contributed by atoms with E-state index in [1.54, 1.807) is 0 Å². The molecule has 2 aromatic heterocycles. The summed E-state index contributed by atoms with van der Waals surface area (Å²) in [6.45, 7) is 0. The number of benzene rings is 7. The Morgan fingerprint density at radius 2 is 0.857 bits per heavy atom. The lowest BCUT2D eigenvalue weighted by Crippen LogP contribution is -2.00. The van der Waals surface area contributed by atoms with Crippen LogP contribution >= 0.6 is 11.3 Å². The quantitative estimate of drug-likeness (QED) is 0.192. The second-order valence-electron chi connectivity index (χ2n) is 12.4. The lowest BCUT2D eigenvalue weighted by atomic mass is 9.93. The van der Waals surface area contributed by atoms with Crippen LogP contribution in [0.1, 0.15) is 0 Å². The third kappa shape index (κ3) is 4.53. The number of rotatable bonds is 4. The number of hydrogen-bond donors (Lipinski definition) is 0. The number of aromatic nitrogens is 3. The first kappa shape index (κ1) is 27.8. The second-order valence-corrected chi connectivity index (χ2v) is 13.4. The summed E-state index contributed by atoms with van der Waals surface area (Å²) in [5, 5.41) is 3.86. The predicted octanol–water partition coefficient (Wildman–Crippen LogP) is 12.2. The monoisotopic (exact) mass is 641 g/mol. The van der Waals surface area contributed by atoms with E-state index in [4.69, 9.17) is 15.0 Å². The van der Waals surface area contributed by atoms with Crippen LogP contribution in [0.15, 0.2) is 164 Å². The molecule has 0 fully saturated rings. The summed E-state index contributed by atoms with van der Waals surface area (Å²) in [6.07, 6.45) is 0. The third-order valence-electron chi connectivity index (χ3n) is 9.47. The third-order valence-corrected chi connectivity index (χ3v) is 10.7. The van der Waals surface area contributed by atoms with Crippen molar-refractivity contribution < 1.29 is 0 Å². The van der Waals surface area contributed by atoms with E-state index in [9.17, 15) is 0 Å². The van der Waals surface area contributed by atoms with Gasteiger partial charge in [-0.3, -0.25) is 0 Å². The second kappa shape index (κ2) is 11.2. The first-order valence-electron chi connectivity index (χ1n) is 16.5. The lowest BCUT2D eigenvalue weighted by molar-refractivity contribution is 1.07. The van der Waals surface area contributed by atoms with Crippen molar-refractivity contribution in [2.75, 3.05) is 0 Å². The molecule has 2 heterocycles. The van der Waals surface area contributed by atoms with E-state index in [0.29, 0.717) is 17.5 Å². The van der Waals surface area contributed by atoms with Gasteiger partial charge in [-0.25, -0.2) is 15.0 Å². The summed E-state index contributed by atoms with van der Waals surface area (Å²) in [5.41, 5.74) is 11.6. The standard InChI is InChI=1S/C45H27N3S/c1-3-14-28(15-4-1)43-46-44(29-16-5-2-6-17-29)48-45(47-43)32-20-13-19-31(26-32)41-39-37-25-12-11-23-35(37)34-22-9-10-24-36(34)38-27-30-18-7-8-21-33(30)42(49-41)40(38)39/h1-27H. The molecular formula is C45H27N3S. The highest BCUT2D eigenvalue weighted by atomic mass is 32.1. The van der Waals surface area contributed by atoms with Crippen molar-refractivity contribution in [3.63, 3.8) is 0 Å². The van der Waals surface area contributed by atoms with Crippen LogP contribution in [0, 0.1) is 0 Å². The van der Waals surface area contributed by atoms with Crippen LogP contribution in [0.4, 0.5) is 0 Å². The van der Waals surface area contributed by atoms with Crippen LogP contribution in [-0.4, -0.2) is 15.0 Å². The largest absolute Gasteiger partial charge is 0.208 e. The first-order valence-corrected chi connectivity index (χ1v) is 17.3. The Bertz CT molecular complexity index is 2650. The van der Waals surface area contributed by atoms with Gasteiger partial charge < -0.3 is 0 Å². The maximum atomic E-state index is 5.04. The van der Waals surface area contributed by atoms with Crippen molar-refractivity contribution in [2.24, 2.45) is 0 Å². The van der Waals surface area contributed by atoms with Crippen molar-refractivity contribution in [2.45, 2.75) is 0 Å². The molecular weight excluding hydrogens is 615 g/mol. The van der Waals surface area contributed by atoms with Gasteiger partial charge in [-0.15, -0.1) is 11.3 Å². The number of fused-ring (bicyclic) bond motifs is 7. The molecule has 3 nitrogen and oxygen atoms in total. The normalized spacial score (nSPS) is 11.7. The Hall–Kier alpha value is -6.23. The average molecular weight is 642 g/mol. The van der Waals surface area contributed by atoms with Crippen LogP contribution in [-0.2, 0) is 0 Å². The number of nitrogens with zero attached hydrogens (tertiary/aromatic N) is 3. The van der Waals surface area contributed by atoms with Crippen LogP contribution in [0.3, 0.4) is 0 Å². The first-order chi connectivity index (χ1) is 24.3. The van der Waals surface area contributed by atoms with Crippen LogP contribution in [0.2, 0.25) is 0 Å². The van der Waals surface area contributed by atoms with E-state index in [1.807, 2.05) is 72.0 Å². The summed E-state index contributed by atoms with van der Waals surface area (Å²) >= 11 is 1.88. The molecule has 4 heteroatoms. The zero-order valence-corrected chi connectivity index (χ0v) is 27.2. The molecule has 228 valence electrons. The zero-order valence-electron chi connectivity index (χ0n) is 26.3. The molecule has 0 N–H and O–H groups in total.